The number of nitro benzene ring substituents is 1. The van der Waals surface area contributed by atoms with Crippen LogP contribution in [-0.2, 0) is 19.6 Å². The summed E-state index contributed by atoms with van der Waals surface area (Å²) < 4.78 is 23.0. The third kappa shape index (κ3) is 4.12. The van der Waals surface area contributed by atoms with Crippen LogP contribution in [0.25, 0.3) is 0 Å². The first-order valence-corrected chi connectivity index (χ1v) is 10.1. The van der Waals surface area contributed by atoms with Crippen LogP contribution >= 0.6 is 7.82 Å². The van der Waals surface area contributed by atoms with E-state index in [1.165, 1.54) is 25.3 Å². The molecule has 30 heavy (non-hydrogen) atoms. The van der Waals surface area contributed by atoms with Crippen molar-refractivity contribution in [1.82, 2.24) is 9.55 Å². The molecule has 0 aliphatic carbocycles. The Morgan fingerprint density at radius 1 is 1.37 bits per heavy atom. The van der Waals surface area contributed by atoms with E-state index in [0.29, 0.717) is 0 Å². The fraction of sp³-hybridized carbons (Fsp3) is 0.375. The molecule has 2 aromatic rings. The third-order valence-electron chi connectivity index (χ3n) is 4.73. The molecule has 1 aliphatic heterocycles. The Bertz CT molecular complexity index is 1120. The number of aromatic amines is 1. The third-order valence-corrected chi connectivity index (χ3v) is 5.28. The van der Waals surface area contributed by atoms with Crippen molar-refractivity contribution in [2.75, 3.05) is 6.61 Å². The highest BCUT2D eigenvalue weighted by Gasteiger charge is 2.52. The van der Waals surface area contributed by atoms with Crippen LogP contribution in [0.2, 0.25) is 0 Å². The minimum absolute atomic E-state index is 0.138. The lowest BCUT2D eigenvalue weighted by Crippen LogP contribution is -2.45. The molecular weight excluding hydrogens is 425 g/mol. The van der Waals surface area contributed by atoms with Gasteiger partial charge in [0.15, 0.2) is 5.72 Å². The molecule has 0 saturated carbocycles. The van der Waals surface area contributed by atoms with Crippen molar-refractivity contribution in [1.29, 1.82) is 0 Å². The molecule has 1 saturated heterocycles. The second kappa shape index (κ2) is 7.87. The number of non-ortho nitro benzene ring substituents is 1. The molecule has 13 nitrogen and oxygen atoms in total. The molecule has 2 heterocycles. The minimum Gasteiger partial charge on any atom is -0.394 e. The number of nitrogens with zero attached hydrogens (tertiary/aromatic N) is 2. The molecule has 14 heteroatoms. The molecule has 0 spiro atoms. The predicted octanol–water partition coefficient (Wildman–Crippen LogP) is -0.287. The van der Waals surface area contributed by atoms with Crippen LogP contribution in [0.1, 0.15) is 17.5 Å². The average molecular weight is 443 g/mol. The quantitative estimate of drug-likeness (QED) is 0.262. The predicted molar refractivity (Wildman–Crippen MR) is 99.7 cm³/mol. The molecule has 4 N–H and O–H groups in total. The zero-order valence-corrected chi connectivity index (χ0v) is 16.4. The number of phosphoric acid groups is 1. The Balaban J connectivity index is 2.21. The molecule has 1 aromatic carbocycles. The van der Waals surface area contributed by atoms with Gasteiger partial charge in [-0.3, -0.25) is 29.0 Å². The maximum Gasteiger partial charge on any atom is 0.469 e. The number of benzene rings is 1. The van der Waals surface area contributed by atoms with E-state index in [0.717, 1.165) is 16.7 Å². The van der Waals surface area contributed by atoms with Gasteiger partial charge in [-0.2, -0.15) is 0 Å². The summed E-state index contributed by atoms with van der Waals surface area (Å²) in [6, 6.07) is 4.93. The lowest BCUT2D eigenvalue weighted by molar-refractivity contribution is -0.384. The second-order valence-electron chi connectivity index (χ2n) is 6.71. The zero-order chi connectivity index (χ0) is 22.3. The molecule has 0 radical (unpaired) electrons. The summed E-state index contributed by atoms with van der Waals surface area (Å²) in [5, 5.41) is 20.6. The molecule has 162 valence electrons. The summed E-state index contributed by atoms with van der Waals surface area (Å²) in [7, 11) is -4.98. The first kappa shape index (κ1) is 22.0. The van der Waals surface area contributed by atoms with Gasteiger partial charge in [-0.15, -0.1) is 0 Å². The van der Waals surface area contributed by atoms with Gasteiger partial charge in [-0.05, 0) is 19.1 Å². The van der Waals surface area contributed by atoms with E-state index in [2.05, 4.69) is 4.98 Å². The Morgan fingerprint density at radius 3 is 2.53 bits per heavy atom. The highest BCUT2D eigenvalue weighted by Crippen LogP contribution is 2.47. The van der Waals surface area contributed by atoms with E-state index < -0.39 is 48.5 Å². The van der Waals surface area contributed by atoms with Crippen LogP contribution in [0.3, 0.4) is 0 Å². The number of H-pyrrole nitrogens is 1. The standard InChI is InChI=1S/C16H18N3O10P/c1-9-7-18(15(22)17-14(9)21)16(10-2-4-11(5-3-10)19(23)24)6-12(13(8-20)28-16)29-30(25,26)27/h2-5,7,12-13,20H,6,8H2,1H3,(H,17,21,22)(H2,25,26,27)/t12-,13+,16-/m0/s1. The number of aryl methyl sites for hydroxylation is 1. The minimum atomic E-state index is -4.98. The summed E-state index contributed by atoms with van der Waals surface area (Å²) in [5.41, 5.74) is -3.20. The number of phosphoric ester groups is 1. The Hall–Kier alpha value is -2.67. The summed E-state index contributed by atoms with van der Waals surface area (Å²) in [6.45, 7) is 0.733. The maximum absolute atomic E-state index is 12.6. The molecule has 3 atom stereocenters. The van der Waals surface area contributed by atoms with Crippen molar-refractivity contribution < 1.29 is 33.6 Å². The number of aliphatic hydroxyl groups excluding tert-OH is 1. The lowest BCUT2D eigenvalue weighted by Gasteiger charge is -2.31. The molecule has 0 bridgehead atoms. The fourth-order valence-corrected chi connectivity index (χ4v) is 3.94. The number of nitro groups is 1. The molecule has 1 aromatic heterocycles. The molecule has 0 unspecified atom stereocenters. The second-order valence-corrected chi connectivity index (χ2v) is 7.90. The molecule has 1 aliphatic rings. The van der Waals surface area contributed by atoms with Crippen molar-refractivity contribution in [2.45, 2.75) is 31.3 Å². The number of ether oxygens (including phenoxy) is 1. The molecule has 3 rings (SSSR count). The van der Waals surface area contributed by atoms with Gasteiger partial charge in [0.2, 0.25) is 0 Å². The van der Waals surface area contributed by atoms with Crippen LogP contribution in [0.5, 0.6) is 0 Å². The van der Waals surface area contributed by atoms with Crippen LogP contribution < -0.4 is 11.2 Å². The van der Waals surface area contributed by atoms with Crippen molar-refractivity contribution in [3.05, 3.63) is 72.5 Å². The van der Waals surface area contributed by atoms with Gasteiger partial charge in [-0.25, -0.2) is 9.36 Å². The van der Waals surface area contributed by atoms with E-state index in [-0.39, 0.29) is 23.2 Å². The molecule has 1 fully saturated rings. The van der Waals surface area contributed by atoms with Gasteiger partial charge < -0.3 is 19.6 Å². The van der Waals surface area contributed by atoms with Crippen molar-refractivity contribution in [3.8, 4) is 0 Å². The van der Waals surface area contributed by atoms with E-state index >= 15 is 0 Å². The lowest BCUT2D eigenvalue weighted by atomic mass is 9.97. The van der Waals surface area contributed by atoms with E-state index in [1.54, 1.807) is 0 Å². The summed E-state index contributed by atoms with van der Waals surface area (Å²) in [6.07, 6.45) is -1.72. The first-order chi connectivity index (χ1) is 14.0. The van der Waals surface area contributed by atoms with Gasteiger partial charge in [0.1, 0.15) is 12.2 Å². The zero-order valence-electron chi connectivity index (χ0n) is 15.5. The summed E-state index contributed by atoms with van der Waals surface area (Å²) in [4.78, 5) is 55.2. The Labute approximate surface area is 167 Å². The van der Waals surface area contributed by atoms with Crippen molar-refractivity contribution in [3.63, 3.8) is 0 Å². The van der Waals surface area contributed by atoms with Gasteiger partial charge in [0.25, 0.3) is 11.2 Å². The number of rotatable bonds is 6. The first-order valence-electron chi connectivity index (χ1n) is 8.57. The van der Waals surface area contributed by atoms with E-state index in [4.69, 9.17) is 9.26 Å². The van der Waals surface area contributed by atoms with Crippen molar-refractivity contribution >= 4 is 13.5 Å². The van der Waals surface area contributed by atoms with Gasteiger partial charge in [0.05, 0.1) is 11.5 Å². The average Bonchev–Trinajstić information content (AvgIpc) is 3.02. The van der Waals surface area contributed by atoms with E-state index in [9.17, 15) is 39.2 Å². The van der Waals surface area contributed by atoms with Gasteiger partial charge in [0, 0.05) is 35.9 Å². The fourth-order valence-electron chi connectivity index (χ4n) is 3.37. The molecular formula is C16H18N3O10P. The number of aromatic nitrogens is 2. The Kier molecular flexibility index (Phi) is 5.78. The van der Waals surface area contributed by atoms with Gasteiger partial charge >= 0.3 is 13.5 Å². The number of hydrogen-bond acceptors (Lipinski definition) is 8. The molecule has 0 amide bonds. The summed E-state index contributed by atoms with van der Waals surface area (Å²) >= 11 is 0. The maximum atomic E-state index is 12.6. The van der Waals surface area contributed by atoms with Crippen LogP contribution in [0.4, 0.5) is 5.69 Å². The van der Waals surface area contributed by atoms with E-state index in [1.807, 2.05) is 0 Å². The topological polar surface area (TPSA) is 194 Å². The van der Waals surface area contributed by atoms with Crippen molar-refractivity contribution in [2.24, 2.45) is 0 Å². The Morgan fingerprint density at radius 2 is 2.00 bits per heavy atom. The van der Waals surface area contributed by atoms with Gasteiger partial charge in [-0.1, -0.05) is 0 Å². The number of aliphatic hydroxyl groups is 1. The SMILES string of the molecule is Cc1cn([C@@]2(c3ccc([N+](=O)[O-])cc3)C[C@H](OP(=O)(O)O)[C@@H](CO)O2)c(=O)[nH]c1=O. The van der Waals surface area contributed by atoms with Crippen LogP contribution in [-0.4, -0.2) is 48.2 Å². The highest BCUT2D eigenvalue weighted by molar-refractivity contribution is 7.46. The monoisotopic (exact) mass is 443 g/mol. The summed E-state index contributed by atoms with van der Waals surface area (Å²) in [5.74, 6) is 0. The largest absolute Gasteiger partial charge is 0.469 e. The highest BCUT2D eigenvalue weighted by atomic mass is 31.2. The van der Waals surface area contributed by atoms with Crippen LogP contribution in [0, 0.1) is 17.0 Å². The smallest absolute Gasteiger partial charge is 0.394 e. The number of hydrogen-bond donors (Lipinski definition) is 4. The number of nitrogens with one attached hydrogen (secondary N) is 1. The van der Waals surface area contributed by atoms with Crippen LogP contribution in [0.15, 0.2) is 40.1 Å². The normalized spacial score (nSPS) is 24.1.